The van der Waals surface area contributed by atoms with Gasteiger partial charge in [-0.3, -0.25) is 14.9 Å². The molecule has 0 aromatic heterocycles. The fourth-order valence-electron chi connectivity index (χ4n) is 2.08. The monoisotopic (exact) mass is 310 g/mol. The number of carbonyl (C=O) groups is 1. The number of nitro benzene ring substituents is 1. The second-order valence-electron chi connectivity index (χ2n) is 5.29. The van der Waals surface area contributed by atoms with E-state index in [0.29, 0.717) is 6.54 Å². The maximum absolute atomic E-state index is 11.8. The van der Waals surface area contributed by atoms with Gasteiger partial charge in [0.25, 0.3) is 5.69 Å². The Labute approximate surface area is 127 Å². The number of amides is 1. The zero-order valence-electron chi connectivity index (χ0n) is 11.6. The van der Waals surface area contributed by atoms with Gasteiger partial charge in [-0.15, -0.1) is 11.8 Å². The first-order valence-corrected chi connectivity index (χ1v) is 7.78. The summed E-state index contributed by atoms with van der Waals surface area (Å²) in [5.74, 6) is 0.232. The number of nitrogens with zero attached hydrogens (tertiary/aromatic N) is 1. The third-order valence-corrected chi connectivity index (χ3v) is 4.69. The molecule has 114 valence electrons. The number of benzene rings is 1. The standard InChI is InChI=1S/C14H18N2O4S/c17-8-7-14(5-6-14)10-15-13(18)9-21-12-3-1-11(2-4-12)16(19)20/h1-4,17H,5-10H2,(H,15,18). The highest BCUT2D eigenvalue weighted by Crippen LogP contribution is 2.47. The van der Waals surface area contributed by atoms with Crippen LogP contribution in [-0.4, -0.2) is 34.8 Å². The van der Waals surface area contributed by atoms with Gasteiger partial charge in [0.05, 0.1) is 10.7 Å². The molecular formula is C14H18N2O4S. The van der Waals surface area contributed by atoms with E-state index in [1.165, 1.54) is 23.9 Å². The Kier molecular flexibility index (Phi) is 5.19. The summed E-state index contributed by atoms with van der Waals surface area (Å²) < 4.78 is 0. The summed E-state index contributed by atoms with van der Waals surface area (Å²) in [5.41, 5.74) is 0.158. The van der Waals surface area contributed by atoms with Gasteiger partial charge < -0.3 is 10.4 Å². The van der Waals surface area contributed by atoms with E-state index in [1.807, 2.05) is 0 Å². The Bertz CT molecular complexity index is 514. The number of aliphatic hydroxyl groups excluding tert-OH is 1. The van der Waals surface area contributed by atoms with Gasteiger partial charge in [0.2, 0.25) is 5.91 Å². The maximum Gasteiger partial charge on any atom is 0.269 e. The summed E-state index contributed by atoms with van der Waals surface area (Å²) in [6.07, 6.45) is 2.86. The summed E-state index contributed by atoms with van der Waals surface area (Å²) in [6.45, 7) is 0.778. The predicted molar refractivity (Wildman–Crippen MR) is 80.2 cm³/mol. The van der Waals surface area contributed by atoms with Crippen molar-refractivity contribution in [1.82, 2.24) is 5.32 Å². The van der Waals surface area contributed by atoms with Gasteiger partial charge in [-0.1, -0.05) is 0 Å². The van der Waals surface area contributed by atoms with Crippen LogP contribution >= 0.6 is 11.8 Å². The molecule has 1 aliphatic rings. The molecule has 0 heterocycles. The van der Waals surface area contributed by atoms with Crippen LogP contribution in [0.5, 0.6) is 0 Å². The van der Waals surface area contributed by atoms with Gasteiger partial charge in [-0.05, 0) is 36.8 Å². The number of nitro groups is 1. The van der Waals surface area contributed by atoms with Crippen LogP contribution < -0.4 is 5.32 Å². The number of non-ortho nitro benzene ring substituents is 1. The Morgan fingerprint density at radius 3 is 2.57 bits per heavy atom. The molecule has 1 aromatic carbocycles. The molecule has 1 aliphatic carbocycles. The smallest absolute Gasteiger partial charge is 0.269 e. The summed E-state index contributed by atoms with van der Waals surface area (Å²) in [4.78, 5) is 22.7. The lowest BCUT2D eigenvalue weighted by Gasteiger charge is -2.14. The molecule has 0 spiro atoms. The van der Waals surface area contributed by atoms with E-state index in [-0.39, 0.29) is 29.4 Å². The first-order chi connectivity index (χ1) is 10.0. The molecule has 0 atom stereocenters. The Morgan fingerprint density at radius 2 is 2.05 bits per heavy atom. The van der Waals surface area contributed by atoms with Gasteiger partial charge >= 0.3 is 0 Å². The van der Waals surface area contributed by atoms with Crippen LogP contribution in [0.25, 0.3) is 0 Å². The van der Waals surface area contributed by atoms with E-state index < -0.39 is 4.92 Å². The molecule has 2 N–H and O–H groups in total. The highest BCUT2D eigenvalue weighted by atomic mass is 32.2. The molecule has 1 amide bonds. The maximum atomic E-state index is 11.8. The lowest BCUT2D eigenvalue weighted by Crippen LogP contribution is -2.31. The van der Waals surface area contributed by atoms with Crippen LogP contribution in [0, 0.1) is 15.5 Å². The lowest BCUT2D eigenvalue weighted by molar-refractivity contribution is -0.384. The number of thioether (sulfide) groups is 1. The van der Waals surface area contributed by atoms with Gasteiger partial charge in [-0.2, -0.15) is 0 Å². The van der Waals surface area contributed by atoms with E-state index in [4.69, 9.17) is 5.11 Å². The lowest BCUT2D eigenvalue weighted by atomic mass is 10.0. The molecule has 21 heavy (non-hydrogen) atoms. The third kappa shape index (κ3) is 4.71. The second kappa shape index (κ2) is 6.91. The fraction of sp³-hybridized carbons (Fsp3) is 0.500. The van der Waals surface area contributed by atoms with Crippen molar-refractivity contribution in [3.8, 4) is 0 Å². The molecule has 0 aliphatic heterocycles. The Morgan fingerprint density at radius 1 is 1.38 bits per heavy atom. The fourth-order valence-corrected chi connectivity index (χ4v) is 2.81. The highest BCUT2D eigenvalue weighted by molar-refractivity contribution is 8.00. The van der Waals surface area contributed by atoms with Crippen LogP contribution in [0.15, 0.2) is 29.2 Å². The zero-order chi connectivity index (χ0) is 15.3. The van der Waals surface area contributed by atoms with Crippen molar-refractivity contribution in [2.45, 2.75) is 24.2 Å². The molecule has 1 aromatic rings. The van der Waals surface area contributed by atoms with E-state index >= 15 is 0 Å². The van der Waals surface area contributed by atoms with E-state index in [9.17, 15) is 14.9 Å². The zero-order valence-corrected chi connectivity index (χ0v) is 12.4. The Balaban J connectivity index is 1.72. The first-order valence-electron chi connectivity index (χ1n) is 6.79. The normalized spacial score (nSPS) is 15.5. The van der Waals surface area contributed by atoms with Crippen LogP contribution in [-0.2, 0) is 4.79 Å². The van der Waals surface area contributed by atoms with Gasteiger partial charge in [0.1, 0.15) is 0 Å². The number of carbonyl (C=O) groups excluding carboxylic acids is 1. The molecule has 6 nitrogen and oxygen atoms in total. The number of hydrogen-bond acceptors (Lipinski definition) is 5. The second-order valence-corrected chi connectivity index (χ2v) is 6.34. The third-order valence-electron chi connectivity index (χ3n) is 3.68. The number of hydrogen-bond donors (Lipinski definition) is 2. The summed E-state index contributed by atoms with van der Waals surface area (Å²) in [7, 11) is 0. The predicted octanol–water partition coefficient (Wildman–Crippen LogP) is 1.97. The van der Waals surface area contributed by atoms with Crippen molar-refractivity contribution in [1.29, 1.82) is 0 Å². The molecule has 0 radical (unpaired) electrons. The van der Waals surface area contributed by atoms with E-state index in [0.717, 1.165) is 24.2 Å². The molecule has 7 heteroatoms. The number of nitrogens with one attached hydrogen (secondary N) is 1. The minimum Gasteiger partial charge on any atom is -0.396 e. The Hall–Kier alpha value is -1.60. The van der Waals surface area contributed by atoms with Crippen molar-refractivity contribution in [3.63, 3.8) is 0 Å². The molecule has 2 rings (SSSR count). The average Bonchev–Trinajstić information content (AvgIpc) is 3.24. The van der Waals surface area contributed by atoms with Gasteiger partial charge in [0, 0.05) is 30.2 Å². The first kappa shape index (κ1) is 15.8. The topological polar surface area (TPSA) is 92.5 Å². The van der Waals surface area contributed by atoms with E-state index in [1.54, 1.807) is 12.1 Å². The number of aliphatic hydroxyl groups is 1. The molecule has 0 bridgehead atoms. The molecule has 0 saturated heterocycles. The summed E-state index contributed by atoms with van der Waals surface area (Å²) >= 11 is 1.35. The largest absolute Gasteiger partial charge is 0.396 e. The van der Waals surface area contributed by atoms with Crippen LogP contribution in [0.2, 0.25) is 0 Å². The molecular weight excluding hydrogens is 292 g/mol. The van der Waals surface area contributed by atoms with Crippen molar-refractivity contribution in [2.24, 2.45) is 5.41 Å². The molecule has 1 fully saturated rings. The average molecular weight is 310 g/mol. The van der Waals surface area contributed by atoms with Crippen LogP contribution in [0.4, 0.5) is 5.69 Å². The van der Waals surface area contributed by atoms with Crippen LogP contribution in [0.1, 0.15) is 19.3 Å². The van der Waals surface area contributed by atoms with Gasteiger partial charge in [0.15, 0.2) is 0 Å². The summed E-state index contributed by atoms with van der Waals surface area (Å²) in [5, 5.41) is 22.4. The highest BCUT2D eigenvalue weighted by Gasteiger charge is 2.41. The van der Waals surface area contributed by atoms with Crippen LogP contribution in [0.3, 0.4) is 0 Å². The van der Waals surface area contributed by atoms with E-state index in [2.05, 4.69) is 5.32 Å². The van der Waals surface area contributed by atoms with Crippen molar-refractivity contribution in [2.75, 3.05) is 18.9 Å². The van der Waals surface area contributed by atoms with Crippen molar-refractivity contribution in [3.05, 3.63) is 34.4 Å². The SMILES string of the molecule is O=C(CSc1ccc([N+](=O)[O-])cc1)NCC1(CCO)CC1. The quantitative estimate of drug-likeness (QED) is 0.435. The molecule has 0 unspecified atom stereocenters. The van der Waals surface area contributed by atoms with Gasteiger partial charge in [-0.25, -0.2) is 0 Å². The minimum atomic E-state index is -0.447. The van der Waals surface area contributed by atoms with Crippen molar-refractivity contribution >= 4 is 23.4 Å². The molecule has 1 saturated carbocycles. The van der Waals surface area contributed by atoms with Crippen molar-refractivity contribution < 1.29 is 14.8 Å². The minimum absolute atomic E-state index is 0.0449. The number of rotatable bonds is 8. The summed E-state index contributed by atoms with van der Waals surface area (Å²) in [6, 6.07) is 6.15.